The first-order chi connectivity index (χ1) is 6.11. The van der Waals surface area contributed by atoms with Crippen molar-refractivity contribution >= 4 is 0 Å². The highest BCUT2D eigenvalue weighted by atomic mass is 16.3. The van der Waals surface area contributed by atoms with Crippen molar-refractivity contribution in [2.45, 2.75) is 26.7 Å². The van der Waals surface area contributed by atoms with E-state index in [0.717, 1.165) is 29.5 Å². The lowest BCUT2D eigenvalue weighted by Crippen LogP contribution is -1.88. The van der Waals surface area contributed by atoms with Gasteiger partial charge in [0.15, 0.2) is 0 Å². The SMILES string of the molecule is C=C(C)CCc1cccc(C)c1O. The van der Waals surface area contributed by atoms with Gasteiger partial charge < -0.3 is 5.11 Å². The highest BCUT2D eigenvalue weighted by Crippen LogP contribution is 2.23. The van der Waals surface area contributed by atoms with Crippen LogP contribution in [0.3, 0.4) is 0 Å². The molecule has 1 aromatic rings. The van der Waals surface area contributed by atoms with E-state index in [-0.39, 0.29) is 0 Å². The molecule has 1 nitrogen and oxygen atoms in total. The molecule has 0 radical (unpaired) electrons. The molecule has 1 heteroatoms. The topological polar surface area (TPSA) is 20.2 Å². The molecule has 0 heterocycles. The third kappa shape index (κ3) is 2.62. The lowest BCUT2D eigenvalue weighted by atomic mass is 10.0. The minimum absolute atomic E-state index is 0.434. The third-order valence-corrected chi connectivity index (χ3v) is 2.14. The highest BCUT2D eigenvalue weighted by Gasteiger charge is 2.02. The molecule has 0 aliphatic carbocycles. The molecular weight excluding hydrogens is 160 g/mol. The van der Waals surface area contributed by atoms with E-state index in [1.807, 2.05) is 32.0 Å². The number of rotatable bonds is 3. The van der Waals surface area contributed by atoms with Gasteiger partial charge in [-0.25, -0.2) is 0 Å². The fourth-order valence-electron chi connectivity index (χ4n) is 1.27. The number of allylic oxidation sites excluding steroid dienone is 1. The van der Waals surface area contributed by atoms with Gasteiger partial charge in [-0.3, -0.25) is 0 Å². The summed E-state index contributed by atoms with van der Waals surface area (Å²) in [6.45, 7) is 7.76. The van der Waals surface area contributed by atoms with Crippen LogP contribution in [0.2, 0.25) is 0 Å². The second kappa shape index (κ2) is 4.13. The lowest BCUT2D eigenvalue weighted by molar-refractivity contribution is 0.463. The molecule has 0 saturated heterocycles. The van der Waals surface area contributed by atoms with Gasteiger partial charge in [0.25, 0.3) is 0 Å². The number of aromatic hydroxyl groups is 1. The highest BCUT2D eigenvalue weighted by molar-refractivity contribution is 5.39. The first kappa shape index (κ1) is 9.85. The summed E-state index contributed by atoms with van der Waals surface area (Å²) < 4.78 is 0. The van der Waals surface area contributed by atoms with Gasteiger partial charge in [-0.05, 0) is 37.8 Å². The van der Waals surface area contributed by atoms with Crippen LogP contribution in [0.25, 0.3) is 0 Å². The Balaban J connectivity index is 2.77. The zero-order chi connectivity index (χ0) is 9.84. The number of hydrogen-bond acceptors (Lipinski definition) is 1. The Hall–Kier alpha value is -1.24. The Kier molecular flexibility index (Phi) is 3.13. The van der Waals surface area contributed by atoms with Crippen molar-refractivity contribution in [3.8, 4) is 5.75 Å². The molecule has 0 atom stereocenters. The molecule has 0 aliphatic rings. The van der Waals surface area contributed by atoms with Crippen molar-refractivity contribution in [1.82, 2.24) is 0 Å². The van der Waals surface area contributed by atoms with Gasteiger partial charge in [0.05, 0.1) is 0 Å². The van der Waals surface area contributed by atoms with E-state index in [1.165, 1.54) is 0 Å². The number of phenols is 1. The van der Waals surface area contributed by atoms with E-state index in [4.69, 9.17) is 0 Å². The van der Waals surface area contributed by atoms with E-state index >= 15 is 0 Å². The van der Waals surface area contributed by atoms with Crippen molar-refractivity contribution in [1.29, 1.82) is 0 Å². The van der Waals surface area contributed by atoms with E-state index in [9.17, 15) is 5.11 Å². The minimum atomic E-state index is 0.434. The van der Waals surface area contributed by atoms with Gasteiger partial charge in [0, 0.05) is 0 Å². The van der Waals surface area contributed by atoms with Crippen molar-refractivity contribution in [2.24, 2.45) is 0 Å². The van der Waals surface area contributed by atoms with E-state index in [0.29, 0.717) is 5.75 Å². The van der Waals surface area contributed by atoms with Crippen LogP contribution >= 0.6 is 0 Å². The fourth-order valence-corrected chi connectivity index (χ4v) is 1.27. The van der Waals surface area contributed by atoms with Crippen molar-refractivity contribution in [3.63, 3.8) is 0 Å². The van der Waals surface area contributed by atoms with Gasteiger partial charge >= 0.3 is 0 Å². The summed E-state index contributed by atoms with van der Waals surface area (Å²) in [5.41, 5.74) is 3.11. The quantitative estimate of drug-likeness (QED) is 0.701. The predicted octanol–water partition coefficient (Wildman–Crippen LogP) is 3.21. The van der Waals surface area contributed by atoms with Gasteiger partial charge in [-0.2, -0.15) is 0 Å². The summed E-state index contributed by atoms with van der Waals surface area (Å²) in [7, 11) is 0. The molecule has 70 valence electrons. The molecule has 0 amide bonds. The maximum absolute atomic E-state index is 9.68. The van der Waals surface area contributed by atoms with Crippen molar-refractivity contribution < 1.29 is 5.11 Å². The third-order valence-electron chi connectivity index (χ3n) is 2.14. The molecule has 1 rings (SSSR count). The maximum Gasteiger partial charge on any atom is 0.121 e. The van der Waals surface area contributed by atoms with Crippen molar-refractivity contribution in [2.75, 3.05) is 0 Å². The Labute approximate surface area is 79.7 Å². The standard InChI is InChI=1S/C12H16O/c1-9(2)7-8-11-6-4-5-10(3)12(11)13/h4-6,13H,1,7-8H2,2-3H3. The van der Waals surface area contributed by atoms with Crippen LogP contribution in [0.5, 0.6) is 5.75 Å². The second-order valence-electron chi connectivity index (χ2n) is 3.54. The van der Waals surface area contributed by atoms with E-state index < -0.39 is 0 Å². The Morgan fingerprint density at radius 2 is 2.15 bits per heavy atom. The number of benzene rings is 1. The molecule has 0 fully saturated rings. The van der Waals surface area contributed by atoms with E-state index in [1.54, 1.807) is 0 Å². The van der Waals surface area contributed by atoms with Crippen LogP contribution in [0, 0.1) is 6.92 Å². The Morgan fingerprint density at radius 1 is 1.46 bits per heavy atom. The van der Waals surface area contributed by atoms with Crippen molar-refractivity contribution in [3.05, 3.63) is 41.5 Å². The zero-order valence-corrected chi connectivity index (χ0v) is 8.30. The first-order valence-corrected chi connectivity index (χ1v) is 4.53. The fraction of sp³-hybridized carbons (Fsp3) is 0.333. The van der Waals surface area contributed by atoms with Crippen LogP contribution in [0.1, 0.15) is 24.5 Å². The summed E-state index contributed by atoms with van der Waals surface area (Å²) in [5, 5.41) is 9.68. The zero-order valence-electron chi connectivity index (χ0n) is 8.30. The van der Waals surface area contributed by atoms with Crippen LogP contribution in [-0.4, -0.2) is 5.11 Å². The van der Waals surface area contributed by atoms with Crippen LogP contribution in [-0.2, 0) is 6.42 Å². The number of hydrogen-bond donors (Lipinski definition) is 1. The Morgan fingerprint density at radius 3 is 2.77 bits per heavy atom. The summed E-state index contributed by atoms with van der Waals surface area (Å²) in [4.78, 5) is 0. The molecular formula is C12H16O. The van der Waals surface area contributed by atoms with Gasteiger partial charge in [0.2, 0.25) is 0 Å². The molecule has 0 aliphatic heterocycles. The molecule has 1 N–H and O–H groups in total. The number of para-hydroxylation sites is 1. The van der Waals surface area contributed by atoms with Crippen LogP contribution in [0.4, 0.5) is 0 Å². The number of aryl methyl sites for hydroxylation is 2. The van der Waals surface area contributed by atoms with Gasteiger partial charge in [-0.1, -0.05) is 23.8 Å². The molecule has 13 heavy (non-hydrogen) atoms. The molecule has 1 aromatic carbocycles. The van der Waals surface area contributed by atoms with Gasteiger partial charge in [0.1, 0.15) is 5.75 Å². The Bertz CT molecular complexity index is 313. The van der Waals surface area contributed by atoms with Crippen LogP contribution in [0.15, 0.2) is 30.4 Å². The predicted molar refractivity (Wildman–Crippen MR) is 56.0 cm³/mol. The first-order valence-electron chi connectivity index (χ1n) is 4.53. The molecule has 0 aromatic heterocycles. The monoisotopic (exact) mass is 176 g/mol. The van der Waals surface area contributed by atoms with E-state index in [2.05, 4.69) is 6.58 Å². The lowest BCUT2D eigenvalue weighted by Gasteiger charge is -2.06. The second-order valence-corrected chi connectivity index (χ2v) is 3.54. The summed E-state index contributed by atoms with van der Waals surface area (Å²) in [6.07, 6.45) is 1.82. The molecule has 0 spiro atoms. The summed E-state index contributed by atoms with van der Waals surface area (Å²) in [5.74, 6) is 0.434. The number of phenolic OH excluding ortho intramolecular Hbond substituents is 1. The minimum Gasteiger partial charge on any atom is -0.507 e. The average Bonchev–Trinajstić information content (AvgIpc) is 2.07. The smallest absolute Gasteiger partial charge is 0.121 e. The summed E-state index contributed by atoms with van der Waals surface area (Å²) in [6, 6.07) is 5.85. The molecule has 0 unspecified atom stereocenters. The normalized spacial score (nSPS) is 10.0. The summed E-state index contributed by atoms with van der Waals surface area (Å²) >= 11 is 0. The largest absolute Gasteiger partial charge is 0.507 e. The average molecular weight is 176 g/mol. The van der Waals surface area contributed by atoms with Crippen LogP contribution < -0.4 is 0 Å². The molecule has 0 saturated carbocycles. The maximum atomic E-state index is 9.68. The van der Waals surface area contributed by atoms with Gasteiger partial charge in [-0.15, -0.1) is 6.58 Å². The molecule has 0 bridgehead atoms.